The molecule has 0 unspecified atom stereocenters. The van der Waals surface area contributed by atoms with Crippen LogP contribution in [-0.2, 0) is 4.79 Å². The number of carbonyl (C=O) groups excluding carboxylic acids is 1. The first-order valence-corrected chi connectivity index (χ1v) is 4.04. The van der Waals surface area contributed by atoms with Crippen LogP contribution in [0.3, 0.4) is 0 Å². The Morgan fingerprint density at radius 3 is 2.50 bits per heavy atom. The topological polar surface area (TPSA) is 61.4 Å². The van der Waals surface area contributed by atoms with E-state index in [4.69, 9.17) is 5.11 Å². The van der Waals surface area contributed by atoms with Gasteiger partial charge in [-0.3, -0.25) is 4.79 Å². The molecule has 0 aliphatic rings. The lowest BCUT2D eigenvalue weighted by Gasteiger charge is -2.21. The Morgan fingerprint density at radius 2 is 2.08 bits per heavy atom. The van der Waals surface area contributed by atoms with Crippen molar-refractivity contribution in [2.75, 3.05) is 26.7 Å². The van der Waals surface area contributed by atoms with E-state index in [2.05, 4.69) is 10.6 Å². The summed E-state index contributed by atoms with van der Waals surface area (Å²) in [7, 11) is 1.60. The highest BCUT2D eigenvalue weighted by molar-refractivity contribution is 5.77. The van der Waals surface area contributed by atoms with Crippen molar-refractivity contribution in [3.8, 4) is 0 Å². The number of rotatable bonds is 5. The zero-order chi connectivity index (χ0) is 9.61. The molecular weight excluding hydrogens is 156 g/mol. The van der Waals surface area contributed by atoms with E-state index in [9.17, 15) is 4.79 Å². The molecule has 0 aromatic rings. The Balaban J connectivity index is 3.49. The average Bonchev–Trinajstić information content (AvgIpc) is 2.04. The molecule has 72 valence electrons. The van der Waals surface area contributed by atoms with Gasteiger partial charge in [0.2, 0.25) is 5.91 Å². The molecule has 0 atom stereocenters. The number of aliphatic hydroxyl groups is 1. The summed E-state index contributed by atoms with van der Waals surface area (Å²) >= 11 is 0. The molecule has 0 aromatic carbocycles. The van der Waals surface area contributed by atoms with Gasteiger partial charge in [0.1, 0.15) is 0 Å². The highest BCUT2D eigenvalue weighted by atomic mass is 16.3. The molecule has 0 heterocycles. The van der Waals surface area contributed by atoms with E-state index < -0.39 is 0 Å². The molecule has 0 aliphatic heterocycles. The Kier molecular flexibility index (Phi) is 4.85. The van der Waals surface area contributed by atoms with Crippen LogP contribution < -0.4 is 10.6 Å². The van der Waals surface area contributed by atoms with Crippen molar-refractivity contribution in [3.63, 3.8) is 0 Å². The lowest BCUT2D eigenvalue weighted by Crippen LogP contribution is -2.38. The summed E-state index contributed by atoms with van der Waals surface area (Å²) in [6, 6.07) is 0. The number of amides is 1. The molecule has 3 N–H and O–H groups in total. The van der Waals surface area contributed by atoms with Crippen LogP contribution in [0.25, 0.3) is 0 Å². The highest BCUT2D eigenvalue weighted by Crippen LogP contribution is 2.10. The van der Waals surface area contributed by atoms with Crippen LogP contribution in [-0.4, -0.2) is 37.8 Å². The molecule has 0 aliphatic carbocycles. The van der Waals surface area contributed by atoms with Crippen molar-refractivity contribution in [2.45, 2.75) is 13.8 Å². The molecular formula is C8H18N2O2. The molecule has 0 bridgehead atoms. The molecule has 0 saturated carbocycles. The van der Waals surface area contributed by atoms with Crippen molar-refractivity contribution >= 4 is 5.91 Å². The van der Waals surface area contributed by atoms with E-state index in [1.165, 1.54) is 0 Å². The number of aliphatic hydroxyl groups excluding tert-OH is 1. The molecule has 0 fully saturated rings. The standard InChI is InChI=1S/C8H18N2O2/c1-8(2,6-11)5-10-4-7(12)9-3/h10-11H,4-6H2,1-3H3,(H,9,12). The summed E-state index contributed by atoms with van der Waals surface area (Å²) in [5, 5.41) is 14.3. The van der Waals surface area contributed by atoms with Gasteiger partial charge in [0, 0.05) is 25.6 Å². The molecule has 4 heteroatoms. The van der Waals surface area contributed by atoms with Gasteiger partial charge >= 0.3 is 0 Å². The van der Waals surface area contributed by atoms with E-state index in [1.807, 2.05) is 13.8 Å². The second kappa shape index (κ2) is 5.11. The van der Waals surface area contributed by atoms with Gasteiger partial charge in [-0.25, -0.2) is 0 Å². The average molecular weight is 174 g/mol. The third-order valence-electron chi connectivity index (χ3n) is 1.60. The predicted octanol–water partition coefficient (Wildman–Crippen LogP) is -0.659. The van der Waals surface area contributed by atoms with Crippen molar-refractivity contribution in [1.82, 2.24) is 10.6 Å². The Bertz CT molecular complexity index is 146. The summed E-state index contributed by atoms with van der Waals surface area (Å²) in [6.45, 7) is 4.93. The molecule has 0 radical (unpaired) electrons. The Morgan fingerprint density at radius 1 is 1.50 bits per heavy atom. The van der Waals surface area contributed by atoms with E-state index in [0.29, 0.717) is 13.1 Å². The third-order valence-corrected chi connectivity index (χ3v) is 1.60. The van der Waals surface area contributed by atoms with Gasteiger partial charge in [0.15, 0.2) is 0 Å². The first-order valence-electron chi connectivity index (χ1n) is 4.04. The van der Waals surface area contributed by atoms with Crippen LogP contribution >= 0.6 is 0 Å². The minimum absolute atomic E-state index is 0.0382. The maximum atomic E-state index is 10.7. The maximum absolute atomic E-state index is 10.7. The van der Waals surface area contributed by atoms with Gasteiger partial charge in [-0.1, -0.05) is 13.8 Å². The van der Waals surface area contributed by atoms with Crippen LogP contribution in [0.5, 0.6) is 0 Å². The molecule has 12 heavy (non-hydrogen) atoms. The molecule has 0 saturated heterocycles. The van der Waals surface area contributed by atoms with Crippen molar-refractivity contribution in [1.29, 1.82) is 0 Å². The summed E-state index contributed by atoms with van der Waals surface area (Å²) in [5.74, 6) is -0.0382. The largest absolute Gasteiger partial charge is 0.396 e. The van der Waals surface area contributed by atoms with Gasteiger partial charge in [-0.15, -0.1) is 0 Å². The molecule has 0 spiro atoms. The summed E-state index contributed by atoms with van der Waals surface area (Å²) in [4.78, 5) is 10.7. The number of hydrogen-bond donors (Lipinski definition) is 3. The monoisotopic (exact) mass is 174 g/mol. The van der Waals surface area contributed by atoms with Gasteiger partial charge in [-0.2, -0.15) is 0 Å². The molecule has 4 nitrogen and oxygen atoms in total. The Labute approximate surface area is 73.3 Å². The normalized spacial score (nSPS) is 11.3. The van der Waals surface area contributed by atoms with E-state index in [-0.39, 0.29) is 17.9 Å². The smallest absolute Gasteiger partial charge is 0.233 e. The quantitative estimate of drug-likeness (QED) is 0.518. The minimum Gasteiger partial charge on any atom is -0.396 e. The third kappa shape index (κ3) is 5.09. The van der Waals surface area contributed by atoms with Crippen LogP contribution in [0.15, 0.2) is 0 Å². The molecule has 0 aromatic heterocycles. The fourth-order valence-electron chi connectivity index (χ4n) is 0.659. The predicted molar refractivity (Wildman–Crippen MR) is 47.8 cm³/mol. The summed E-state index contributed by atoms with van der Waals surface area (Å²) in [5.41, 5.74) is -0.159. The van der Waals surface area contributed by atoms with E-state index in [0.717, 1.165) is 0 Å². The first-order chi connectivity index (χ1) is 5.52. The lowest BCUT2D eigenvalue weighted by molar-refractivity contribution is -0.119. The maximum Gasteiger partial charge on any atom is 0.233 e. The van der Waals surface area contributed by atoms with Crippen LogP contribution in [0, 0.1) is 5.41 Å². The second-order valence-electron chi connectivity index (χ2n) is 3.60. The van der Waals surface area contributed by atoms with Gasteiger partial charge < -0.3 is 15.7 Å². The number of nitrogens with one attached hydrogen (secondary N) is 2. The summed E-state index contributed by atoms with van der Waals surface area (Å²) < 4.78 is 0. The van der Waals surface area contributed by atoms with Crippen molar-refractivity contribution < 1.29 is 9.90 Å². The van der Waals surface area contributed by atoms with Gasteiger partial charge in [0.25, 0.3) is 0 Å². The molecule has 1 amide bonds. The van der Waals surface area contributed by atoms with Gasteiger partial charge in [0.05, 0.1) is 6.54 Å². The minimum atomic E-state index is -0.159. The highest BCUT2D eigenvalue weighted by Gasteiger charge is 2.15. The number of likely N-dealkylation sites (N-methyl/N-ethyl adjacent to an activating group) is 1. The fraction of sp³-hybridized carbons (Fsp3) is 0.875. The van der Waals surface area contributed by atoms with E-state index in [1.54, 1.807) is 7.05 Å². The van der Waals surface area contributed by atoms with Crippen LogP contribution in [0.4, 0.5) is 0 Å². The van der Waals surface area contributed by atoms with Crippen LogP contribution in [0.1, 0.15) is 13.8 Å². The van der Waals surface area contributed by atoms with E-state index >= 15 is 0 Å². The first kappa shape index (κ1) is 11.4. The van der Waals surface area contributed by atoms with Crippen molar-refractivity contribution in [2.24, 2.45) is 5.41 Å². The fourth-order valence-corrected chi connectivity index (χ4v) is 0.659. The lowest BCUT2D eigenvalue weighted by atomic mass is 9.95. The molecule has 0 rings (SSSR count). The number of carbonyl (C=O) groups is 1. The summed E-state index contributed by atoms with van der Waals surface area (Å²) in [6.07, 6.45) is 0. The second-order valence-corrected chi connectivity index (χ2v) is 3.60. The van der Waals surface area contributed by atoms with Crippen molar-refractivity contribution in [3.05, 3.63) is 0 Å². The zero-order valence-corrected chi connectivity index (χ0v) is 7.98. The van der Waals surface area contributed by atoms with Crippen LogP contribution in [0.2, 0.25) is 0 Å². The zero-order valence-electron chi connectivity index (χ0n) is 7.98. The van der Waals surface area contributed by atoms with Gasteiger partial charge in [-0.05, 0) is 0 Å². The SMILES string of the molecule is CNC(=O)CNCC(C)(C)CO. The Hall–Kier alpha value is -0.610. The number of hydrogen-bond acceptors (Lipinski definition) is 3.